The zero-order valence-electron chi connectivity index (χ0n) is 23.4. The Morgan fingerprint density at radius 1 is 1.05 bits per heavy atom. The van der Waals surface area contributed by atoms with E-state index < -0.39 is 11.3 Å². The summed E-state index contributed by atoms with van der Waals surface area (Å²) in [5.74, 6) is -0.410. The maximum absolute atomic E-state index is 13.4. The third-order valence-corrected chi connectivity index (χ3v) is 7.12. The zero-order chi connectivity index (χ0) is 29.5. The third-order valence-electron chi connectivity index (χ3n) is 7.12. The quantitative estimate of drug-likeness (QED) is 0.239. The molecule has 3 aromatic heterocycles. The molecule has 0 atom stereocenters. The Morgan fingerprint density at radius 3 is 2.55 bits per heavy atom. The van der Waals surface area contributed by atoms with Crippen molar-refractivity contribution in [2.75, 3.05) is 50.4 Å². The molecule has 4 heterocycles. The Bertz CT molecular complexity index is 1620. The number of nitrogens with two attached hydrogens (primary N) is 1. The summed E-state index contributed by atoms with van der Waals surface area (Å²) in [6.45, 7) is 6.70. The average molecular weight is 571 g/mol. The largest absolute Gasteiger partial charge is 0.384 e. The van der Waals surface area contributed by atoms with Gasteiger partial charge >= 0.3 is 6.03 Å². The van der Waals surface area contributed by atoms with Gasteiger partial charge in [-0.15, -0.1) is 0 Å². The second-order valence-electron chi connectivity index (χ2n) is 9.86. The minimum absolute atomic E-state index is 0.0712. The van der Waals surface area contributed by atoms with Crippen molar-refractivity contribution < 1.29 is 14.3 Å². The number of nitrogens with zero attached hydrogens (tertiary/aromatic N) is 4. The minimum atomic E-state index is -0.494. The summed E-state index contributed by atoms with van der Waals surface area (Å²) in [7, 11) is 0. The number of nitrogens with one attached hydrogen (secondary N) is 3. The molecule has 5 rings (SSSR count). The van der Waals surface area contributed by atoms with E-state index in [1.165, 1.54) is 0 Å². The number of carbonyl (C=O) groups is 2. The molecule has 12 nitrogen and oxygen atoms in total. The highest BCUT2D eigenvalue weighted by Crippen LogP contribution is 2.24. The van der Waals surface area contributed by atoms with Crippen molar-refractivity contribution in [3.8, 4) is 11.3 Å². The van der Waals surface area contributed by atoms with E-state index in [1.807, 2.05) is 31.2 Å². The monoisotopic (exact) mass is 570 g/mol. The van der Waals surface area contributed by atoms with Crippen LogP contribution in [0.25, 0.3) is 22.3 Å². The van der Waals surface area contributed by atoms with Gasteiger partial charge in [0.1, 0.15) is 17.0 Å². The van der Waals surface area contributed by atoms with E-state index in [0.29, 0.717) is 61.8 Å². The van der Waals surface area contributed by atoms with Crippen molar-refractivity contribution in [1.82, 2.24) is 30.1 Å². The highest BCUT2D eigenvalue weighted by molar-refractivity contribution is 6.01. The Hall–Kier alpha value is -4.81. The van der Waals surface area contributed by atoms with Gasteiger partial charge in [0.2, 0.25) is 5.43 Å². The lowest BCUT2D eigenvalue weighted by molar-refractivity contribution is 0.0383. The molecule has 1 aromatic carbocycles. The summed E-state index contributed by atoms with van der Waals surface area (Å²) >= 11 is 0. The molecule has 0 bridgehead atoms. The number of ether oxygens (including phenoxy) is 1. The van der Waals surface area contributed by atoms with Gasteiger partial charge in [0, 0.05) is 62.9 Å². The lowest BCUT2D eigenvalue weighted by atomic mass is 10.1. The van der Waals surface area contributed by atoms with Gasteiger partial charge in [-0.1, -0.05) is 18.2 Å². The van der Waals surface area contributed by atoms with Crippen LogP contribution in [0, 0.1) is 0 Å². The lowest BCUT2D eigenvalue weighted by Gasteiger charge is -2.26. The van der Waals surface area contributed by atoms with Crippen molar-refractivity contribution >= 4 is 34.5 Å². The molecule has 1 aliphatic heterocycles. The van der Waals surface area contributed by atoms with Gasteiger partial charge in [-0.3, -0.25) is 19.5 Å². The number of amides is 3. The van der Waals surface area contributed by atoms with Crippen LogP contribution in [0.4, 0.5) is 16.3 Å². The van der Waals surface area contributed by atoms with Crippen molar-refractivity contribution in [2.45, 2.75) is 20.0 Å². The fourth-order valence-corrected chi connectivity index (χ4v) is 4.86. The number of fused-ring (bicyclic) bond motifs is 1. The molecule has 42 heavy (non-hydrogen) atoms. The first kappa shape index (κ1) is 28.7. The van der Waals surface area contributed by atoms with E-state index in [1.54, 1.807) is 41.2 Å². The molecule has 12 heteroatoms. The molecular formula is C30H34N8O4. The molecule has 4 aromatic rings. The standard InChI is InChI=1S/C30H34N8O4/c1-2-38-27(31)25(29(40)33-12-13-37-14-16-42-17-15-37)26(39)23-9-10-24(36-28(23)38)21-5-7-22(8-6-21)35-30(41)34-19-20-4-3-11-32-18-20/h3-11,18H,2,12-17,19,31H2,1H3,(H,33,40)(H2,34,35,41). The molecular weight excluding hydrogens is 536 g/mol. The average Bonchev–Trinajstić information content (AvgIpc) is 3.01. The summed E-state index contributed by atoms with van der Waals surface area (Å²) in [5.41, 5.74) is 9.18. The van der Waals surface area contributed by atoms with Gasteiger partial charge < -0.3 is 31.0 Å². The van der Waals surface area contributed by atoms with E-state index in [0.717, 1.165) is 24.2 Å². The summed E-state index contributed by atoms with van der Waals surface area (Å²) in [5, 5.41) is 8.76. The van der Waals surface area contributed by atoms with Gasteiger partial charge in [-0.2, -0.15) is 0 Å². The van der Waals surface area contributed by atoms with Crippen molar-refractivity contribution in [1.29, 1.82) is 0 Å². The van der Waals surface area contributed by atoms with E-state index in [4.69, 9.17) is 15.5 Å². The fraction of sp³-hybridized carbons (Fsp3) is 0.300. The van der Waals surface area contributed by atoms with Crippen molar-refractivity contribution in [3.05, 3.63) is 82.3 Å². The first-order valence-electron chi connectivity index (χ1n) is 13.9. The number of carbonyl (C=O) groups excluding carboxylic acids is 2. The second-order valence-corrected chi connectivity index (χ2v) is 9.86. The van der Waals surface area contributed by atoms with Gasteiger partial charge in [0.25, 0.3) is 5.91 Å². The van der Waals surface area contributed by atoms with Crippen LogP contribution in [0.3, 0.4) is 0 Å². The number of aryl methyl sites for hydroxylation is 1. The van der Waals surface area contributed by atoms with Crippen LogP contribution in [0.1, 0.15) is 22.8 Å². The zero-order valence-corrected chi connectivity index (χ0v) is 23.4. The maximum atomic E-state index is 13.4. The summed E-state index contributed by atoms with van der Waals surface area (Å²) in [6.07, 6.45) is 3.37. The van der Waals surface area contributed by atoms with E-state index in [9.17, 15) is 14.4 Å². The Morgan fingerprint density at radius 2 is 1.83 bits per heavy atom. The van der Waals surface area contributed by atoms with E-state index in [-0.39, 0.29) is 17.4 Å². The van der Waals surface area contributed by atoms with E-state index >= 15 is 0 Å². The second kappa shape index (κ2) is 13.2. The van der Waals surface area contributed by atoms with Crippen molar-refractivity contribution in [2.24, 2.45) is 0 Å². The molecule has 0 spiro atoms. The number of pyridine rings is 3. The fourth-order valence-electron chi connectivity index (χ4n) is 4.86. The number of urea groups is 1. The Balaban J connectivity index is 1.30. The summed E-state index contributed by atoms with van der Waals surface area (Å²) < 4.78 is 7.04. The maximum Gasteiger partial charge on any atom is 0.319 e. The van der Waals surface area contributed by atoms with Crippen LogP contribution in [-0.2, 0) is 17.8 Å². The molecule has 0 saturated carbocycles. The van der Waals surface area contributed by atoms with Gasteiger partial charge in [0.05, 0.1) is 24.3 Å². The van der Waals surface area contributed by atoms with Crippen LogP contribution >= 0.6 is 0 Å². The Kier molecular flexibility index (Phi) is 9.05. The molecule has 0 radical (unpaired) electrons. The molecule has 1 saturated heterocycles. The van der Waals surface area contributed by atoms with Gasteiger partial charge in [0.15, 0.2) is 0 Å². The number of anilines is 2. The predicted octanol–water partition coefficient (Wildman–Crippen LogP) is 2.44. The topological polar surface area (TPSA) is 156 Å². The number of benzene rings is 1. The molecule has 218 valence electrons. The third kappa shape index (κ3) is 6.56. The predicted molar refractivity (Wildman–Crippen MR) is 161 cm³/mol. The van der Waals surface area contributed by atoms with Gasteiger partial charge in [-0.25, -0.2) is 9.78 Å². The summed E-state index contributed by atoms with van der Waals surface area (Å²) in [6, 6.07) is 14.0. The number of nitrogen functional groups attached to an aromatic ring is 1. The molecule has 0 unspecified atom stereocenters. The highest BCUT2D eigenvalue weighted by atomic mass is 16.5. The first-order chi connectivity index (χ1) is 20.4. The lowest BCUT2D eigenvalue weighted by Crippen LogP contribution is -2.42. The minimum Gasteiger partial charge on any atom is -0.384 e. The normalized spacial score (nSPS) is 13.5. The van der Waals surface area contributed by atoms with Crippen molar-refractivity contribution in [3.63, 3.8) is 0 Å². The van der Waals surface area contributed by atoms with Crippen LogP contribution in [0.15, 0.2) is 65.7 Å². The number of hydrogen-bond donors (Lipinski definition) is 4. The number of rotatable bonds is 9. The molecule has 1 fully saturated rings. The molecule has 1 aliphatic rings. The van der Waals surface area contributed by atoms with Crippen LogP contribution in [-0.4, -0.2) is 70.8 Å². The molecule has 5 N–H and O–H groups in total. The molecule has 3 amide bonds. The summed E-state index contributed by atoms with van der Waals surface area (Å²) in [4.78, 5) is 49.7. The smallest absolute Gasteiger partial charge is 0.319 e. The van der Waals surface area contributed by atoms with Crippen LogP contribution in [0.2, 0.25) is 0 Å². The van der Waals surface area contributed by atoms with Gasteiger partial charge in [-0.05, 0) is 42.8 Å². The number of hydrogen-bond acceptors (Lipinski definition) is 8. The number of morpholine rings is 1. The van der Waals surface area contributed by atoms with Crippen LogP contribution in [0.5, 0.6) is 0 Å². The van der Waals surface area contributed by atoms with E-state index in [2.05, 4.69) is 25.8 Å². The SMILES string of the molecule is CCn1c(N)c(C(=O)NCCN2CCOCC2)c(=O)c2ccc(-c3ccc(NC(=O)NCc4cccnc4)cc3)nc21. The Labute approximate surface area is 242 Å². The first-order valence-corrected chi connectivity index (χ1v) is 13.9. The number of aromatic nitrogens is 3. The molecule has 0 aliphatic carbocycles. The van der Waals surface area contributed by atoms with Crippen LogP contribution < -0.4 is 27.1 Å². The highest BCUT2D eigenvalue weighted by Gasteiger charge is 2.22.